The summed E-state index contributed by atoms with van der Waals surface area (Å²) < 4.78 is 15.9. The standard InChI is InChI=1S/C29H49N3O8/c1-7-10-16-24(33)30-19-14-13-15-22(27(36)40-29(4,5)6)31-28(37)32-23(26(35)39-21-12-9-3)17-18-25(34)38-20-11-8-2/h1,22-23H,8-21H2,2-6H3,(H,30,33)(H2,31,32,37)/t22-,23-/m0/s1. The molecule has 11 nitrogen and oxygen atoms in total. The van der Waals surface area contributed by atoms with Crippen LogP contribution in [0.1, 0.15) is 105 Å². The van der Waals surface area contributed by atoms with Crippen LogP contribution in [0.2, 0.25) is 0 Å². The molecule has 0 aromatic carbocycles. The summed E-state index contributed by atoms with van der Waals surface area (Å²) >= 11 is 0. The maximum atomic E-state index is 12.9. The van der Waals surface area contributed by atoms with E-state index in [4.69, 9.17) is 20.6 Å². The fourth-order valence-corrected chi connectivity index (χ4v) is 3.29. The van der Waals surface area contributed by atoms with E-state index in [0.29, 0.717) is 38.8 Å². The number of hydrogen-bond donors (Lipinski definition) is 3. The first-order chi connectivity index (χ1) is 18.9. The molecule has 0 rings (SSSR count). The second-order valence-electron chi connectivity index (χ2n) is 10.4. The van der Waals surface area contributed by atoms with E-state index >= 15 is 0 Å². The van der Waals surface area contributed by atoms with Crippen molar-refractivity contribution >= 4 is 29.8 Å². The van der Waals surface area contributed by atoms with Gasteiger partial charge in [-0.15, -0.1) is 12.3 Å². The molecule has 0 saturated heterocycles. The van der Waals surface area contributed by atoms with Gasteiger partial charge in [0.15, 0.2) is 0 Å². The summed E-state index contributed by atoms with van der Waals surface area (Å²) in [5.74, 6) is 0.500. The van der Waals surface area contributed by atoms with Gasteiger partial charge in [-0.25, -0.2) is 14.4 Å². The molecule has 2 atom stereocenters. The van der Waals surface area contributed by atoms with Crippen LogP contribution in [0.4, 0.5) is 4.79 Å². The van der Waals surface area contributed by atoms with Crippen LogP contribution >= 0.6 is 0 Å². The van der Waals surface area contributed by atoms with E-state index in [1.54, 1.807) is 20.8 Å². The highest BCUT2D eigenvalue weighted by atomic mass is 16.6. The highest BCUT2D eigenvalue weighted by Crippen LogP contribution is 2.12. The summed E-state index contributed by atoms with van der Waals surface area (Å²) in [6.45, 7) is 9.96. The first kappa shape index (κ1) is 36.7. The van der Waals surface area contributed by atoms with E-state index in [9.17, 15) is 24.0 Å². The quantitative estimate of drug-likeness (QED) is 0.0875. The van der Waals surface area contributed by atoms with Crippen LogP contribution < -0.4 is 16.0 Å². The number of urea groups is 1. The lowest BCUT2D eigenvalue weighted by Gasteiger charge is -2.25. The molecule has 0 fully saturated rings. The van der Waals surface area contributed by atoms with Gasteiger partial charge in [0.05, 0.1) is 13.2 Å². The molecule has 3 N–H and O–H groups in total. The number of unbranched alkanes of at least 4 members (excludes halogenated alkanes) is 3. The number of esters is 3. The number of terminal acetylenes is 1. The molecular formula is C29H49N3O8. The maximum Gasteiger partial charge on any atom is 0.329 e. The zero-order valence-corrected chi connectivity index (χ0v) is 24.9. The van der Waals surface area contributed by atoms with Gasteiger partial charge < -0.3 is 30.2 Å². The second kappa shape index (κ2) is 21.5. The molecule has 0 aromatic rings. The molecule has 11 heteroatoms. The lowest BCUT2D eigenvalue weighted by Crippen LogP contribution is -2.52. The van der Waals surface area contributed by atoms with Crippen molar-refractivity contribution in [1.82, 2.24) is 16.0 Å². The summed E-state index contributed by atoms with van der Waals surface area (Å²) in [5.41, 5.74) is -0.776. The van der Waals surface area contributed by atoms with Crippen LogP contribution in [0.25, 0.3) is 0 Å². The molecule has 0 heterocycles. The number of ether oxygens (including phenoxy) is 3. The van der Waals surface area contributed by atoms with E-state index in [0.717, 1.165) is 19.3 Å². The van der Waals surface area contributed by atoms with Crippen LogP contribution in [0, 0.1) is 12.3 Å². The Morgan fingerprint density at radius 2 is 1.40 bits per heavy atom. The lowest BCUT2D eigenvalue weighted by molar-refractivity contribution is -0.157. The Labute approximate surface area is 239 Å². The van der Waals surface area contributed by atoms with Crippen LogP contribution in [-0.2, 0) is 33.4 Å². The van der Waals surface area contributed by atoms with E-state index in [-0.39, 0.29) is 38.2 Å². The molecule has 0 spiro atoms. The predicted molar refractivity (Wildman–Crippen MR) is 151 cm³/mol. The summed E-state index contributed by atoms with van der Waals surface area (Å²) in [6.07, 6.45) is 10.1. The number of rotatable bonds is 20. The fourth-order valence-electron chi connectivity index (χ4n) is 3.29. The van der Waals surface area contributed by atoms with Crippen LogP contribution in [0.5, 0.6) is 0 Å². The van der Waals surface area contributed by atoms with Crippen molar-refractivity contribution in [1.29, 1.82) is 0 Å². The normalized spacial score (nSPS) is 12.3. The number of carbonyl (C=O) groups excluding carboxylic acids is 5. The monoisotopic (exact) mass is 567 g/mol. The Hall–Kier alpha value is -3.29. The SMILES string of the molecule is C#CCCC(=O)NCCCC[C@H](NC(=O)N[C@@H](CCC(=O)OCCCC)C(=O)OCCCC)C(=O)OC(C)(C)C. The summed E-state index contributed by atoms with van der Waals surface area (Å²) in [5, 5.41) is 7.89. The van der Waals surface area contributed by atoms with Crippen molar-refractivity contribution in [2.24, 2.45) is 0 Å². The Bertz CT molecular complexity index is 832. The van der Waals surface area contributed by atoms with Crippen molar-refractivity contribution in [3.05, 3.63) is 0 Å². The van der Waals surface area contributed by atoms with E-state index in [2.05, 4.69) is 21.9 Å². The third-order valence-corrected chi connectivity index (χ3v) is 5.46. The van der Waals surface area contributed by atoms with Gasteiger partial charge in [-0.05, 0) is 59.3 Å². The molecule has 0 saturated carbocycles. The molecule has 0 radical (unpaired) electrons. The van der Waals surface area contributed by atoms with Gasteiger partial charge in [0.2, 0.25) is 5.91 Å². The van der Waals surface area contributed by atoms with Gasteiger partial charge >= 0.3 is 23.9 Å². The Kier molecular flexibility index (Phi) is 19.8. The summed E-state index contributed by atoms with van der Waals surface area (Å²) in [4.78, 5) is 62.1. The predicted octanol–water partition coefficient (Wildman–Crippen LogP) is 3.53. The Balaban J connectivity index is 5.18. The first-order valence-electron chi connectivity index (χ1n) is 14.3. The van der Waals surface area contributed by atoms with E-state index in [1.165, 1.54) is 0 Å². The largest absolute Gasteiger partial charge is 0.466 e. The molecule has 0 aromatic heterocycles. The summed E-state index contributed by atoms with van der Waals surface area (Å²) in [7, 11) is 0. The average molecular weight is 568 g/mol. The topological polar surface area (TPSA) is 149 Å². The molecule has 0 aliphatic carbocycles. The minimum absolute atomic E-state index is 0.0141. The van der Waals surface area contributed by atoms with Crippen LogP contribution in [0.3, 0.4) is 0 Å². The molecule has 0 unspecified atom stereocenters. The van der Waals surface area contributed by atoms with Crippen molar-refractivity contribution in [2.75, 3.05) is 19.8 Å². The van der Waals surface area contributed by atoms with Crippen molar-refractivity contribution in [3.8, 4) is 12.3 Å². The number of hydrogen-bond acceptors (Lipinski definition) is 8. The Morgan fingerprint density at radius 3 is 1.98 bits per heavy atom. The fraction of sp³-hybridized carbons (Fsp3) is 0.759. The molecule has 40 heavy (non-hydrogen) atoms. The van der Waals surface area contributed by atoms with Gasteiger partial charge in [0.1, 0.15) is 17.7 Å². The second-order valence-corrected chi connectivity index (χ2v) is 10.4. The van der Waals surface area contributed by atoms with Gasteiger partial charge in [-0.1, -0.05) is 26.7 Å². The molecule has 3 amide bonds. The zero-order valence-electron chi connectivity index (χ0n) is 24.9. The lowest BCUT2D eigenvalue weighted by atomic mass is 10.1. The number of nitrogens with one attached hydrogen (secondary N) is 3. The molecular weight excluding hydrogens is 518 g/mol. The Morgan fingerprint density at radius 1 is 0.800 bits per heavy atom. The van der Waals surface area contributed by atoms with Gasteiger partial charge in [-0.3, -0.25) is 9.59 Å². The van der Waals surface area contributed by atoms with Crippen molar-refractivity contribution < 1.29 is 38.2 Å². The molecule has 0 aliphatic rings. The first-order valence-corrected chi connectivity index (χ1v) is 14.3. The number of amides is 3. The third-order valence-electron chi connectivity index (χ3n) is 5.46. The van der Waals surface area contributed by atoms with Crippen molar-refractivity contribution in [2.45, 2.75) is 123 Å². The summed E-state index contributed by atoms with van der Waals surface area (Å²) in [6, 6.07) is -2.87. The van der Waals surface area contributed by atoms with E-state index in [1.807, 2.05) is 13.8 Å². The van der Waals surface area contributed by atoms with Crippen LogP contribution in [0.15, 0.2) is 0 Å². The third kappa shape index (κ3) is 19.7. The average Bonchev–Trinajstić information content (AvgIpc) is 2.88. The molecule has 0 aliphatic heterocycles. The minimum Gasteiger partial charge on any atom is -0.466 e. The van der Waals surface area contributed by atoms with Gasteiger partial charge in [-0.2, -0.15) is 0 Å². The maximum absolute atomic E-state index is 12.9. The smallest absolute Gasteiger partial charge is 0.329 e. The van der Waals surface area contributed by atoms with Crippen LogP contribution in [-0.4, -0.2) is 67.3 Å². The van der Waals surface area contributed by atoms with Gasteiger partial charge in [0, 0.05) is 25.8 Å². The van der Waals surface area contributed by atoms with Gasteiger partial charge in [0.25, 0.3) is 0 Å². The molecule has 228 valence electrons. The molecule has 0 bridgehead atoms. The highest BCUT2D eigenvalue weighted by molar-refractivity contribution is 5.87. The number of carbonyl (C=O) groups is 5. The van der Waals surface area contributed by atoms with E-state index < -0.39 is 41.6 Å². The van der Waals surface area contributed by atoms with Crippen molar-refractivity contribution in [3.63, 3.8) is 0 Å². The highest BCUT2D eigenvalue weighted by Gasteiger charge is 2.29. The zero-order chi connectivity index (χ0) is 30.4. The minimum atomic E-state index is -1.10.